The van der Waals surface area contributed by atoms with Crippen LogP contribution in [0.1, 0.15) is 11.1 Å². The molecule has 1 atom stereocenters. The third-order valence-electron chi connectivity index (χ3n) is 3.53. The van der Waals surface area contributed by atoms with Crippen molar-refractivity contribution in [3.05, 3.63) is 75.8 Å². The van der Waals surface area contributed by atoms with Crippen LogP contribution in [0, 0.1) is 10.1 Å². The van der Waals surface area contributed by atoms with Gasteiger partial charge in [0.1, 0.15) is 0 Å². The highest BCUT2D eigenvalue weighted by Crippen LogP contribution is 2.27. The van der Waals surface area contributed by atoms with Crippen LogP contribution >= 0.6 is 11.8 Å². The van der Waals surface area contributed by atoms with Gasteiger partial charge in [-0.2, -0.15) is 5.10 Å². The molecule has 1 aliphatic heterocycles. The fourth-order valence-corrected chi connectivity index (χ4v) is 3.29. The fraction of sp³-hybridized carbons (Fsp3) is 0.118. The van der Waals surface area contributed by atoms with Crippen LogP contribution in [0.4, 0.5) is 5.69 Å². The zero-order chi connectivity index (χ0) is 17.6. The first-order valence-electron chi connectivity index (χ1n) is 7.49. The van der Waals surface area contributed by atoms with Crippen molar-refractivity contribution in [2.24, 2.45) is 10.2 Å². The highest BCUT2D eigenvalue weighted by molar-refractivity contribution is 8.15. The Kier molecular flexibility index (Phi) is 5.20. The van der Waals surface area contributed by atoms with Crippen molar-refractivity contribution in [2.75, 3.05) is 0 Å². The molecule has 0 aliphatic carbocycles. The minimum Gasteiger partial charge on any atom is -0.303 e. The molecular weight excluding hydrogens is 340 g/mol. The van der Waals surface area contributed by atoms with Gasteiger partial charge in [0.2, 0.25) is 5.91 Å². The summed E-state index contributed by atoms with van der Waals surface area (Å²) in [5.74, 6) is -0.225. The molecule has 1 heterocycles. The lowest BCUT2D eigenvalue weighted by atomic mass is 10.1. The minimum atomic E-state index is -0.466. The summed E-state index contributed by atoms with van der Waals surface area (Å²) < 4.78 is 0. The zero-order valence-electron chi connectivity index (χ0n) is 13.0. The Morgan fingerprint density at radius 3 is 2.64 bits per heavy atom. The van der Waals surface area contributed by atoms with Gasteiger partial charge in [-0.15, -0.1) is 5.10 Å². The van der Waals surface area contributed by atoms with Crippen molar-refractivity contribution in [3.8, 4) is 0 Å². The fourth-order valence-electron chi connectivity index (χ4n) is 2.33. The Bertz CT molecular complexity index is 852. The maximum absolute atomic E-state index is 12.1. The minimum absolute atomic E-state index is 0.0170. The number of nitro groups is 1. The van der Waals surface area contributed by atoms with E-state index in [9.17, 15) is 14.9 Å². The summed E-state index contributed by atoms with van der Waals surface area (Å²) in [6, 6.07) is 15.9. The number of nitrogens with zero attached hydrogens (tertiary/aromatic N) is 3. The zero-order valence-corrected chi connectivity index (χ0v) is 13.8. The van der Waals surface area contributed by atoms with E-state index in [2.05, 4.69) is 15.5 Å². The smallest absolute Gasteiger partial charge is 0.272 e. The highest BCUT2D eigenvalue weighted by atomic mass is 32.2. The van der Waals surface area contributed by atoms with Crippen molar-refractivity contribution in [2.45, 2.75) is 11.7 Å². The summed E-state index contributed by atoms with van der Waals surface area (Å²) in [5.41, 5.74) is 1.44. The average Bonchev–Trinajstić information content (AvgIpc) is 2.96. The molecule has 1 fully saturated rings. The van der Waals surface area contributed by atoms with E-state index in [1.54, 1.807) is 24.4 Å². The second kappa shape index (κ2) is 7.71. The van der Waals surface area contributed by atoms with Crippen molar-refractivity contribution in [3.63, 3.8) is 0 Å². The van der Waals surface area contributed by atoms with E-state index in [0.29, 0.717) is 10.7 Å². The number of nitrogens with one attached hydrogen (secondary N) is 1. The Balaban J connectivity index is 1.68. The lowest BCUT2D eigenvalue weighted by Gasteiger charge is -2.05. The van der Waals surface area contributed by atoms with Gasteiger partial charge in [0.05, 0.1) is 16.4 Å². The first-order valence-corrected chi connectivity index (χ1v) is 8.37. The summed E-state index contributed by atoms with van der Waals surface area (Å²) >= 11 is 1.22. The molecular formula is C17H14N4O3S. The summed E-state index contributed by atoms with van der Waals surface area (Å²) in [7, 11) is 0. The van der Waals surface area contributed by atoms with Gasteiger partial charge in [0, 0.05) is 18.1 Å². The van der Waals surface area contributed by atoms with Gasteiger partial charge >= 0.3 is 0 Å². The third-order valence-corrected chi connectivity index (χ3v) is 4.60. The number of amides is 1. The Hall–Kier alpha value is -3.00. The number of nitro benzene ring substituents is 1. The lowest BCUT2D eigenvalue weighted by Crippen LogP contribution is -2.26. The molecule has 0 spiro atoms. The molecule has 1 aliphatic rings. The molecule has 1 saturated heterocycles. The number of thioether (sulfide) groups is 1. The van der Waals surface area contributed by atoms with Crippen LogP contribution in [0.2, 0.25) is 0 Å². The lowest BCUT2D eigenvalue weighted by molar-refractivity contribution is -0.385. The van der Waals surface area contributed by atoms with Gasteiger partial charge in [-0.1, -0.05) is 60.3 Å². The van der Waals surface area contributed by atoms with Crippen LogP contribution in [0.25, 0.3) is 0 Å². The van der Waals surface area contributed by atoms with Gasteiger partial charge in [-0.3, -0.25) is 14.9 Å². The number of rotatable bonds is 5. The molecule has 8 heteroatoms. The van der Waals surface area contributed by atoms with Gasteiger partial charge in [-0.05, 0) is 5.56 Å². The number of amidine groups is 1. The summed E-state index contributed by atoms with van der Waals surface area (Å²) in [6.45, 7) is 0. The number of carbonyl (C=O) groups excluding carboxylic acids is 1. The molecule has 0 unspecified atom stereocenters. The molecule has 25 heavy (non-hydrogen) atoms. The van der Waals surface area contributed by atoms with Gasteiger partial charge in [0.15, 0.2) is 5.17 Å². The van der Waals surface area contributed by atoms with Crippen molar-refractivity contribution < 1.29 is 9.72 Å². The van der Waals surface area contributed by atoms with Crippen LogP contribution in [-0.2, 0) is 11.2 Å². The first-order chi connectivity index (χ1) is 12.1. The topological polar surface area (TPSA) is 97.0 Å². The maximum atomic E-state index is 12.1. The quantitative estimate of drug-likeness (QED) is 0.507. The Morgan fingerprint density at radius 1 is 1.16 bits per heavy atom. The third kappa shape index (κ3) is 4.30. The molecule has 0 saturated carbocycles. The SMILES string of the molecule is O=C1N/C(=N\N=C/c2ccccc2)S[C@@H]1Cc1ccccc1[N+](=O)[O-]. The van der Waals surface area contributed by atoms with Crippen molar-refractivity contribution in [1.82, 2.24) is 5.32 Å². The molecule has 0 aromatic heterocycles. The maximum Gasteiger partial charge on any atom is 0.272 e. The predicted octanol–water partition coefficient (Wildman–Crippen LogP) is 2.76. The van der Waals surface area contributed by atoms with Crippen LogP contribution < -0.4 is 5.32 Å². The number of carbonyl (C=O) groups is 1. The van der Waals surface area contributed by atoms with E-state index in [-0.39, 0.29) is 18.0 Å². The molecule has 1 amide bonds. The average molecular weight is 354 g/mol. The van der Waals surface area contributed by atoms with Crippen molar-refractivity contribution in [1.29, 1.82) is 0 Å². The molecule has 0 bridgehead atoms. The summed E-state index contributed by atoms with van der Waals surface area (Å²) in [5, 5.41) is 21.6. The number of hydrogen-bond donors (Lipinski definition) is 1. The highest BCUT2D eigenvalue weighted by Gasteiger charge is 2.32. The summed E-state index contributed by atoms with van der Waals surface area (Å²) in [6.07, 6.45) is 1.85. The van der Waals surface area contributed by atoms with Gasteiger partial charge < -0.3 is 5.32 Å². The summed E-state index contributed by atoms with van der Waals surface area (Å²) in [4.78, 5) is 22.7. The Labute approximate surface area is 148 Å². The number of hydrogen-bond acceptors (Lipinski definition) is 6. The van der Waals surface area contributed by atoms with Gasteiger partial charge in [-0.25, -0.2) is 0 Å². The molecule has 7 nitrogen and oxygen atoms in total. The second-order valence-electron chi connectivity index (χ2n) is 5.25. The van der Waals surface area contributed by atoms with Crippen LogP contribution in [0.15, 0.2) is 64.8 Å². The number of para-hydroxylation sites is 1. The molecule has 2 aromatic rings. The monoisotopic (exact) mass is 354 g/mol. The van der Waals surface area contributed by atoms with Gasteiger partial charge in [0.25, 0.3) is 5.69 Å². The standard InChI is InChI=1S/C17H14N4O3S/c22-16-15(10-13-8-4-5-9-14(13)21(23)24)25-17(19-16)20-18-11-12-6-2-1-3-7-12/h1-9,11,15H,10H2,(H,19,20,22)/b18-11-/t15-/m1/s1. The van der Waals surface area contributed by atoms with Crippen LogP contribution in [0.5, 0.6) is 0 Å². The van der Waals surface area contributed by atoms with E-state index in [1.807, 2.05) is 30.3 Å². The van der Waals surface area contributed by atoms with Crippen LogP contribution in [-0.4, -0.2) is 27.5 Å². The molecule has 126 valence electrons. The van der Waals surface area contributed by atoms with E-state index in [1.165, 1.54) is 17.8 Å². The van der Waals surface area contributed by atoms with Crippen molar-refractivity contribution >= 4 is 34.7 Å². The molecule has 0 radical (unpaired) electrons. The Morgan fingerprint density at radius 2 is 1.88 bits per heavy atom. The normalized spacial score (nSPS) is 18.6. The molecule has 3 rings (SSSR count). The van der Waals surface area contributed by atoms with E-state index < -0.39 is 10.2 Å². The first kappa shape index (κ1) is 16.8. The molecule has 1 N–H and O–H groups in total. The predicted molar refractivity (Wildman–Crippen MR) is 97.8 cm³/mol. The van der Waals surface area contributed by atoms with E-state index in [0.717, 1.165) is 5.56 Å². The second-order valence-corrected chi connectivity index (χ2v) is 6.44. The number of benzene rings is 2. The largest absolute Gasteiger partial charge is 0.303 e. The molecule has 2 aromatic carbocycles. The van der Waals surface area contributed by atoms with E-state index >= 15 is 0 Å². The van der Waals surface area contributed by atoms with E-state index in [4.69, 9.17) is 0 Å². The van der Waals surface area contributed by atoms with Crippen LogP contribution in [0.3, 0.4) is 0 Å².